The van der Waals surface area contributed by atoms with E-state index in [2.05, 4.69) is 0 Å². The number of amides is 2. The first kappa shape index (κ1) is 21.7. The smallest absolute Gasteiger partial charge is 0.339 e. The summed E-state index contributed by atoms with van der Waals surface area (Å²) in [6, 6.07) is 17.8. The number of piperazine rings is 1. The lowest BCUT2D eigenvalue weighted by molar-refractivity contribution is -0.137. The molecule has 1 aliphatic rings. The van der Waals surface area contributed by atoms with Gasteiger partial charge in [-0.1, -0.05) is 36.4 Å². The highest BCUT2D eigenvalue weighted by Crippen LogP contribution is 2.29. The third-order valence-electron chi connectivity index (χ3n) is 5.54. The first-order valence-electron chi connectivity index (χ1n) is 10.3. The zero-order chi connectivity index (χ0) is 22.7. The summed E-state index contributed by atoms with van der Waals surface area (Å²) in [5.41, 5.74) is 0.786. The van der Waals surface area contributed by atoms with Crippen LogP contribution in [0.5, 0.6) is 0 Å². The SMILES string of the molecule is O=C(c1cccc(C(F)(F)F)c1)N1CCN(C(=O)c2cccn2Cc2ccccc2)CC1. The first-order chi connectivity index (χ1) is 15.3. The summed E-state index contributed by atoms with van der Waals surface area (Å²) in [6.07, 6.45) is -2.65. The molecule has 0 aliphatic carbocycles. The fourth-order valence-electron chi connectivity index (χ4n) is 3.81. The van der Waals surface area contributed by atoms with Gasteiger partial charge in [0, 0.05) is 44.5 Å². The predicted octanol–water partition coefficient (Wildman–Crippen LogP) is 4.15. The lowest BCUT2D eigenvalue weighted by Crippen LogP contribution is -2.50. The number of carbonyl (C=O) groups is 2. The standard InChI is InChI=1S/C24H22F3N3O2/c25-24(26,27)20-9-4-8-19(16-20)22(31)28-12-14-29(15-13-28)23(32)21-10-5-11-30(21)17-18-6-2-1-3-7-18/h1-11,16H,12-15,17H2. The molecule has 8 heteroatoms. The Balaban J connectivity index is 1.40. The van der Waals surface area contributed by atoms with Crippen molar-refractivity contribution in [1.82, 2.24) is 14.4 Å². The number of nitrogens with zero attached hydrogens (tertiary/aromatic N) is 3. The molecular weight excluding hydrogens is 419 g/mol. The summed E-state index contributed by atoms with van der Waals surface area (Å²) >= 11 is 0. The van der Waals surface area contributed by atoms with Gasteiger partial charge in [0.1, 0.15) is 5.69 Å². The molecule has 2 aromatic carbocycles. The van der Waals surface area contributed by atoms with Crippen molar-refractivity contribution in [3.05, 3.63) is 95.3 Å². The van der Waals surface area contributed by atoms with Crippen LogP contribution in [0.15, 0.2) is 72.9 Å². The molecule has 0 atom stereocenters. The second-order valence-electron chi connectivity index (χ2n) is 7.67. The van der Waals surface area contributed by atoms with Gasteiger partial charge >= 0.3 is 6.18 Å². The van der Waals surface area contributed by atoms with Gasteiger partial charge in [0.15, 0.2) is 0 Å². The average Bonchev–Trinajstić information content (AvgIpc) is 3.26. The monoisotopic (exact) mass is 441 g/mol. The molecule has 1 aromatic heterocycles. The molecule has 0 bridgehead atoms. The van der Waals surface area contributed by atoms with Gasteiger partial charge in [0.2, 0.25) is 0 Å². The van der Waals surface area contributed by atoms with Gasteiger partial charge in [-0.25, -0.2) is 0 Å². The molecule has 4 rings (SSSR count). The van der Waals surface area contributed by atoms with E-state index in [1.807, 2.05) is 47.2 Å². The van der Waals surface area contributed by atoms with Crippen molar-refractivity contribution in [2.75, 3.05) is 26.2 Å². The normalized spacial score (nSPS) is 14.5. The minimum Gasteiger partial charge on any atom is -0.339 e. The largest absolute Gasteiger partial charge is 0.416 e. The van der Waals surface area contributed by atoms with E-state index in [1.54, 1.807) is 11.0 Å². The molecule has 0 radical (unpaired) electrons. The molecule has 2 amide bonds. The molecule has 0 saturated carbocycles. The summed E-state index contributed by atoms with van der Waals surface area (Å²) in [5.74, 6) is -0.590. The zero-order valence-electron chi connectivity index (χ0n) is 17.3. The van der Waals surface area contributed by atoms with Crippen molar-refractivity contribution in [1.29, 1.82) is 0 Å². The molecule has 1 fully saturated rings. The fraction of sp³-hybridized carbons (Fsp3) is 0.250. The van der Waals surface area contributed by atoms with Crippen LogP contribution in [-0.2, 0) is 12.7 Å². The van der Waals surface area contributed by atoms with Gasteiger partial charge in [-0.3, -0.25) is 9.59 Å². The quantitative estimate of drug-likeness (QED) is 0.611. The third-order valence-corrected chi connectivity index (χ3v) is 5.54. The van der Waals surface area contributed by atoms with Crippen LogP contribution in [0.25, 0.3) is 0 Å². The average molecular weight is 441 g/mol. The van der Waals surface area contributed by atoms with E-state index in [1.165, 1.54) is 17.0 Å². The summed E-state index contributed by atoms with van der Waals surface area (Å²) < 4.78 is 40.7. The van der Waals surface area contributed by atoms with Crippen molar-refractivity contribution in [2.45, 2.75) is 12.7 Å². The van der Waals surface area contributed by atoms with Gasteiger partial charge in [0.05, 0.1) is 5.56 Å². The van der Waals surface area contributed by atoms with Gasteiger partial charge in [-0.2, -0.15) is 13.2 Å². The Kier molecular flexibility index (Phi) is 6.03. The van der Waals surface area contributed by atoms with E-state index in [0.717, 1.165) is 17.7 Å². The highest BCUT2D eigenvalue weighted by molar-refractivity contribution is 5.95. The number of hydrogen-bond donors (Lipinski definition) is 0. The number of benzene rings is 2. The van der Waals surface area contributed by atoms with Crippen LogP contribution in [-0.4, -0.2) is 52.4 Å². The highest BCUT2D eigenvalue weighted by atomic mass is 19.4. The van der Waals surface area contributed by atoms with Gasteiger partial charge in [-0.05, 0) is 35.9 Å². The van der Waals surface area contributed by atoms with Crippen LogP contribution in [0, 0.1) is 0 Å². The van der Waals surface area contributed by atoms with Crippen LogP contribution in [0.1, 0.15) is 32.0 Å². The molecule has 0 N–H and O–H groups in total. The van der Waals surface area contributed by atoms with E-state index < -0.39 is 17.6 Å². The minimum absolute atomic E-state index is 0.00339. The minimum atomic E-state index is -4.50. The number of aromatic nitrogens is 1. The Morgan fingerprint density at radius 1 is 0.781 bits per heavy atom. The number of rotatable bonds is 4. The van der Waals surface area contributed by atoms with E-state index >= 15 is 0 Å². The van der Waals surface area contributed by atoms with E-state index in [9.17, 15) is 22.8 Å². The molecule has 0 spiro atoms. The van der Waals surface area contributed by atoms with Crippen molar-refractivity contribution >= 4 is 11.8 Å². The molecule has 5 nitrogen and oxygen atoms in total. The molecule has 1 saturated heterocycles. The Labute approximate surface area is 183 Å². The number of alkyl halides is 3. The molecule has 166 valence electrons. The third kappa shape index (κ3) is 4.69. The lowest BCUT2D eigenvalue weighted by Gasteiger charge is -2.35. The number of halogens is 3. The van der Waals surface area contributed by atoms with Crippen molar-refractivity contribution < 1.29 is 22.8 Å². The van der Waals surface area contributed by atoms with E-state index in [0.29, 0.717) is 25.3 Å². The fourth-order valence-corrected chi connectivity index (χ4v) is 3.81. The molecule has 0 unspecified atom stereocenters. The van der Waals surface area contributed by atoms with Gasteiger partial charge in [-0.15, -0.1) is 0 Å². The maximum Gasteiger partial charge on any atom is 0.416 e. The summed E-state index contributed by atoms with van der Waals surface area (Å²) in [4.78, 5) is 28.9. The Morgan fingerprint density at radius 3 is 2.09 bits per heavy atom. The van der Waals surface area contributed by atoms with Crippen LogP contribution >= 0.6 is 0 Å². The van der Waals surface area contributed by atoms with Crippen molar-refractivity contribution in [3.8, 4) is 0 Å². The maximum absolute atomic E-state index is 13.1. The topological polar surface area (TPSA) is 45.6 Å². The van der Waals surface area contributed by atoms with Crippen LogP contribution in [0.4, 0.5) is 13.2 Å². The van der Waals surface area contributed by atoms with Crippen LogP contribution < -0.4 is 0 Å². The van der Waals surface area contributed by atoms with Crippen molar-refractivity contribution in [3.63, 3.8) is 0 Å². The Morgan fingerprint density at radius 2 is 1.44 bits per heavy atom. The lowest BCUT2D eigenvalue weighted by atomic mass is 10.1. The molecule has 32 heavy (non-hydrogen) atoms. The second kappa shape index (κ2) is 8.90. The summed E-state index contributed by atoms with van der Waals surface area (Å²) in [5, 5.41) is 0. The summed E-state index contributed by atoms with van der Waals surface area (Å²) in [7, 11) is 0. The van der Waals surface area contributed by atoms with Crippen molar-refractivity contribution in [2.24, 2.45) is 0 Å². The highest BCUT2D eigenvalue weighted by Gasteiger charge is 2.32. The molecule has 2 heterocycles. The second-order valence-corrected chi connectivity index (χ2v) is 7.67. The van der Waals surface area contributed by atoms with Gasteiger partial charge in [0.25, 0.3) is 11.8 Å². The van der Waals surface area contributed by atoms with Crippen LogP contribution in [0.2, 0.25) is 0 Å². The Hall–Kier alpha value is -3.55. The number of carbonyl (C=O) groups excluding carboxylic acids is 2. The number of hydrogen-bond acceptors (Lipinski definition) is 2. The predicted molar refractivity (Wildman–Crippen MR) is 113 cm³/mol. The molecule has 3 aromatic rings. The van der Waals surface area contributed by atoms with E-state index in [-0.39, 0.29) is 24.6 Å². The zero-order valence-corrected chi connectivity index (χ0v) is 17.3. The Bertz CT molecular complexity index is 1100. The first-order valence-corrected chi connectivity index (χ1v) is 10.3. The summed E-state index contributed by atoms with van der Waals surface area (Å²) in [6.45, 7) is 1.74. The maximum atomic E-state index is 13.1. The molecule has 1 aliphatic heterocycles. The van der Waals surface area contributed by atoms with E-state index in [4.69, 9.17) is 0 Å². The molecular formula is C24H22F3N3O2. The van der Waals surface area contributed by atoms with Crippen LogP contribution in [0.3, 0.4) is 0 Å². The van der Waals surface area contributed by atoms with Gasteiger partial charge < -0.3 is 14.4 Å².